The third-order valence-corrected chi connectivity index (χ3v) is 6.04. The van der Waals surface area contributed by atoms with E-state index in [9.17, 15) is 8.42 Å². The maximum Gasteiger partial charge on any atom is 0.240 e. The fourth-order valence-corrected chi connectivity index (χ4v) is 5.16. The highest BCUT2D eigenvalue weighted by atomic mass is 32.2. The number of quaternary nitrogens is 1. The topological polar surface area (TPSA) is 62.8 Å². The van der Waals surface area contributed by atoms with Crippen LogP contribution in [-0.2, 0) is 10.0 Å². The molecule has 0 atom stereocenters. The number of rotatable bonds is 4. The summed E-state index contributed by atoms with van der Waals surface area (Å²) in [6.07, 6.45) is 1.67. The molecule has 2 rings (SSSR count). The first kappa shape index (κ1) is 18.4. The zero-order valence-corrected chi connectivity index (χ0v) is 16.0. The molecule has 0 unspecified atom stereocenters. The van der Waals surface area contributed by atoms with Gasteiger partial charge in [0.05, 0.1) is 16.0 Å². The number of nitrogens with one attached hydrogen (secondary N) is 1. The van der Waals surface area contributed by atoms with E-state index in [4.69, 9.17) is 0 Å². The quantitative estimate of drug-likeness (QED) is 0.884. The first-order valence-corrected chi connectivity index (χ1v) is 9.88. The number of sulfonamides is 1. The van der Waals surface area contributed by atoms with Crippen molar-refractivity contribution in [3.8, 4) is 0 Å². The first-order valence-electron chi connectivity index (χ1n) is 8.40. The molecule has 1 fully saturated rings. The van der Waals surface area contributed by atoms with E-state index in [0.717, 1.165) is 18.4 Å². The molecule has 0 amide bonds. The monoisotopic (exact) mass is 339 g/mol. The average molecular weight is 340 g/mol. The van der Waals surface area contributed by atoms with Crippen molar-refractivity contribution in [2.24, 2.45) is 0 Å². The molecular weight excluding hydrogens is 308 g/mol. The fraction of sp³-hybridized carbons (Fsp3) is 0.667. The van der Waals surface area contributed by atoms with Crippen LogP contribution in [0.5, 0.6) is 0 Å². The number of piperidine rings is 1. The van der Waals surface area contributed by atoms with Crippen LogP contribution < -0.4 is 10.0 Å². The largest absolute Gasteiger partial charge is 0.337 e. The Morgan fingerprint density at radius 3 is 1.96 bits per heavy atom. The van der Waals surface area contributed by atoms with Crippen LogP contribution in [0.1, 0.15) is 65.9 Å². The third-order valence-electron chi connectivity index (χ3n) is 4.51. The second kappa shape index (κ2) is 6.19. The van der Waals surface area contributed by atoms with Crippen molar-refractivity contribution in [2.45, 2.75) is 82.3 Å². The van der Waals surface area contributed by atoms with Crippen LogP contribution in [0.2, 0.25) is 0 Å². The Hall–Kier alpha value is -0.910. The van der Waals surface area contributed by atoms with Gasteiger partial charge in [0.15, 0.2) is 0 Å². The van der Waals surface area contributed by atoms with Crippen LogP contribution in [-0.4, -0.2) is 25.5 Å². The summed E-state index contributed by atoms with van der Waals surface area (Å²) in [5, 5.41) is 2.35. The van der Waals surface area contributed by atoms with Gasteiger partial charge < -0.3 is 5.32 Å². The lowest BCUT2D eigenvalue weighted by molar-refractivity contribution is -0.787. The van der Waals surface area contributed by atoms with E-state index in [1.54, 1.807) is 12.1 Å². The molecule has 1 saturated heterocycles. The molecule has 0 saturated carbocycles. The Bertz CT molecular complexity index is 630. The van der Waals surface area contributed by atoms with Crippen LogP contribution in [0, 0.1) is 0 Å². The summed E-state index contributed by atoms with van der Waals surface area (Å²) >= 11 is 0. The third kappa shape index (κ3) is 4.78. The Morgan fingerprint density at radius 1 is 1.04 bits per heavy atom. The maximum absolute atomic E-state index is 12.7. The molecule has 3 N–H and O–H groups in total. The van der Waals surface area contributed by atoms with Gasteiger partial charge in [-0.2, -0.15) is 0 Å². The second-order valence-corrected chi connectivity index (χ2v) is 10.3. The summed E-state index contributed by atoms with van der Waals surface area (Å²) in [5.74, 6) is 0.398. The van der Waals surface area contributed by atoms with Gasteiger partial charge in [-0.15, -0.1) is 0 Å². The van der Waals surface area contributed by atoms with Crippen LogP contribution in [0.4, 0.5) is 0 Å². The van der Waals surface area contributed by atoms with Crippen molar-refractivity contribution in [3.63, 3.8) is 0 Å². The van der Waals surface area contributed by atoms with E-state index >= 15 is 0 Å². The van der Waals surface area contributed by atoms with E-state index in [1.807, 2.05) is 12.1 Å². The minimum atomic E-state index is -3.47. The minimum Gasteiger partial charge on any atom is -0.337 e. The molecule has 0 spiro atoms. The van der Waals surface area contributed by atoms with E-state index in [2.05, 4.69) is 51.6 Å². The lowest BCUT2D eigenvalue weighted by Crippen LogP contribution is -3.06. The molecule has 1 aromatic rings. The molecule has 1 aliphatic heterocycles. The average Bonchev–Trinajstić information content (AvgIpc) is 2.34. The van der Waals surface area contributed by atoms with Crippen molar-refractivity contribution in [3.05, 3.63) is 29.8 Å². The number of hydrogen-bond acceptors (Lipinski definition) is 2. The van der Waals surface area contributed by atoms with E-state index in [0.29, 0.717) is 10.8 Å². The summed E-state index contributed by atoms with van der Waals surface area (Å²) in [5.41, 5.74) is 1.23. The minimum absolute atomic E-state index is 0.0280. The number of nitrogens with two attached hydrogens (primary N) is 1. The van der Waals surface area contributed by atoms with Gasteiger partial charge in [-0.05, 0) is 51.3 Å². The van der Waals surface area contributed by atoms with Gasteiger partial charge >= 0.3 is 0 Å². The fourth-order valence-electron chi connectivity index (χ4n) is 3.92. The SMILES string of the molecule is CC(C)c1ccc(S(=O)(=O)NC2CC(C)(C)[NH2+]C(C)(C)C2)cc1. The molecule has 130 valence electrons. The van der Waals surface area contributed by atoms with Crippen LogP contribution in [0.15, 0.2) is 29.2 Å². The van der Waals surface area contributed by atoms with Crippen LogP contribution in [0.25, 0.3) is 0 Å². The smallest absolute Gasteiger partial charge is 0.240 e. The zero-order valence-electron chi connectivity index (χ0n) is 15.2. The summed E-state index contributed by atoms with van der Waals surface area (Å²) in [4.78, 5) is 0.354. The normalized spacial score (nSPS) is 21.5. The zero-order chi connectivity index (χ0) is 17.5. The molecule has 1 heterocycles. The van der Waals surface area contributed by atoms with Gasteiger partial charge in [0, 0.05) is 18.9 Å². The Balaban J connectivity index is 2.17. The van der Waals surface area contributed by atoms with Crippen molar-refractivity contribution in [1.82, 2.24) is 4.72 Å². The highest BCUT2D eigenvalue weighted by Gasteiger charge is 2.42. The number of hydrogen-bond donors (Lipinski definition) is 2. The van der Waals surface area contributed by atoms with Crippen LogP contribution in [0.3, 0.4) is 0 Å². The van der Waals surface area contributed by atoms with Gasteiger partial charge in [-0.3, -0.25) is 0 Å². The molecule has 4 nitrogen and oxygen atoms in total. The Kier molecular flexibility index (Phi) is 4.96. The summed E-state index contributed by atoms with van der Waals surface area (Å²) in [6.45, 7) is 12.9. The molecule has 0 bridgehead atoms. The molecule has 1 aromatic carbocycles. The summed E-state index contributed by atoms with van der Waals surface area (Å²) in [7, 11) is -3.47. The summed E-state index contributed by atoms with van der Waals surface area (Å²) in [6, 6.07) is 7.20. The Morgan fingerprint density at radius 2 is 1.52 bits per heavy atom. The Labute approximate surface area is 141 Å². The lowest BCUT2D eigenvalue weighted by Gasteiger charge is -2.43. The van der Waals surface area contributed by atoms with Crippen molar-refractivity contribution >= 4 is 10.0 Å². The number of benzene rings is 1. The molecule has 0 aliphatic carbocycles. The highest BCUT2D eigenvalue weighted by molar-refractivity contribution is 7.89. The van der Waals surface area contributed by atoms with Gasteiger partial charge in [0.1, 0.15) is 0 Å². The van der Waals surface area contributed by atoms with Crippen LogP contribution >= 0.6 is 0 Å². The second-order valence-electron chi connectivity index (χ2n) is 8.57. The van der Waals surface area contributed by atoms with E-state index in [-0.39, 0.29) is 17.1 Å². The maximum atomic E-state index is 12.7. The molecule has 1 aliphatic rings. The molecule has 5 heteroatoms. The van der Waals surface area contributed by atoms with Crippen molar-refractivity contribution in [1.29, 1.82) is 0 Å². The molecule has 0 aromatic heterocycles. The van der Waals surface area contributed by atoms with Gasteiger partial charge in [0.25, 0.3) is 0 Å². The van der Waals surface area contributed by atoms with E-state index in [1.165, 1.54) is 0 Å². The molecule has 23 heavy (non-hydrogen) atoms. The van der Waals surface area contributed by atoms with Gasteiger partial charge in [-0.1, -0.05) is 26.0 Å². The first-order chi connectivity index (χ1) is 10.4. The van der Waals surface area contributed by atoms with Gasteiger partial charge in [0.2, 0.25) is 10.0 Å². The van der Waals surface area contributed by atoms with Crippen molar-refractivity contribution in [2.75, 3.05) is 0 Å². The summed E-state index contributed by atoms with van der Waals surface area (Å²) < 4.78 is 28.3. The van der Waals surface area contributed by atoms with E-state index < -0.39 is 10.0 Å². The standard InChI is InChI=1S/C18H30N2O2S/c1-13(2)14-7-9-16(10-8-14)23(21,22)19-15-11-17(3,4)20-18(5,6)12-15/h7-10,13,15,19-20H,11-12H2,1-6H3/p+1. The van der Waals surface area contributed by atoms with Crippen molar-refractivity contribution < 1.29 is 13.7 Å². The predicted octanol–water partition coefficient (Wildman–Crippen LogP) is 2.37. The van der Waals surface area contributed by atoms with Gasteiger partial charge in [-0.25, -0.2) is 13.1 Å². The predicted molar refractivity (Wildman–Crippen MR) is 94.0 cm³/mol. The highest BCUT2D eigenvalue weighted by Crippen LogP contribution is 2.24. The lowest BCUT2D eigenvalue weighted by atomic mass is 9.80. The molecule has 0 radical (unpaired) electrons. The molecular formula is C18H31N2O2S+.